The van der Waals surface area contributed by atoms with E-state index in [0.717, 1.165) is 5.56 Å². The van der Waals surface area contributed by atoms with Crippen molar-refractivity contribution in [3.05, 3.63) is 40.9 Å². The van der Waals surface area contributed by atoms with Crippen LogP contribution in [0.2, 0.25) is 5.02 Å². The standard InChI is InChI=1S/C13H11ClF2O/c1-12(8-13(12,15)16)11(17)7-4-9-2-5-10(14)6-3-9/h2-7H,8H2,1H3. The third-order valence-corrected chi connectivity index (χ3v) is 3.35. The molecular weight excluding hydrogens is 246 g/mol. The summed E-state index contributed by atoms with van der Waals surface area (Å²) in [6, 6.07) is 6.80. The summed E-state index contributed by atoms with van der Waals surface area (Å²) in [5.74, 6) is -3.38. The number of halogens is 3. The molecule has 0 amide bonds. The van der Waals surface area contributed by atoms with Crippen molar-refractivity contribution < 1.29 is 13.6 Å². The molecule has 90 valence electrons. The average molecular weight is 257 g/mol. The first-order valence-electron chi connectivity index (χ1n) is 5.21. The Morgan fingerprint density at radius 1 is 1.35 bits per heavy atom. The van der Waals surface area contributed by atoms with Gasteiger partial charge in [-0.2, -0.15) is 0 Å². The molecular formula is C13H11ClF2O. The molecule has 1 aliphatic rings. The number of rotatable bonds is 3. The predicted molar refractivity (Wildman–Crippen MR) is 63.2 cm³/mol. The highest BCUT2D eigenvalue weighted by molar-refractivity contribution is 6.30. The Labute approximate surface area is 103 Å². The summed E-state index contributed by atoms with van der Waals surface area (Å²) >= 11 is 5.70. The lowest BCUT2D eigenvalue weighted by molar-refractivity contribution is -0.122. The second-order valence-corrected chi connectivity index (χ2v) is 4.90. The van der Waals surface area contributed by atoms with E-state index < -0.39 is 17.1 Å². The van der Waals surface area contributed by atoms with E-state index in [9.17, 15) is 13.6 Å². The minimum absolute atomic E-state index is 0.357. The van der Waals surface area contributed by atoms with Gasteiger partial charge in [0.1, 0.15) is 0 Å². The maximum atomic E-state index is 12.9. The number of carbonyl (C=O) groups is 1. The summed E-state index contributed by atoms with van der Waals surface area (Å²) in [5.41, 5.74) is -0.744. The third-order valence-electron chi connectivity index (χ3n) is 3.10. The van der Waals surface area contributed by atoms with Gasteiger partial charge < -0.3 is 0 Å². The molecule has 1 aromatic rings. The molecule has 0 aliphatic heterocycles. The second-order valence-electron chi connectivity index (χ2n) is 4.46. The van der Waals surface area contributed by atoms with E-state index in [2.05, 4.69) is 0 Å². The maximum Gasteiger partial charge on any atom is 0.261 e. The molecule has 0 heterocycles. The number of ketones is 1. The first kappa shape index (κ1) is 12.2. The van der Waals surface area contributed by atoms with Crippen LogP contribution in [0.15, 0.2) is 30.3 Å². The third kappa shape index (κ3) is 2.25. The van der Waals surface area contributed by atoms with Gasteiger partial charge in [-0.3, -0.25) is 4.79 Å². The fourth-order valence-corrected chi connectivity index (χ4v) is 1.72. The van der Waals surface area contributed by atoms with E-state index >= 15 is 0 Å². The summed E-state index contributed by atoms with van der Waals surface area (Å²) in [6.45, 7) is 1.29. The Morgan fingerprint density at radius 3 is 2.35 bits per heavy atom. The van der Waals surface area contributed by atoms with Crippen LogP contribution in [-0.2, 0) is 4.79 Å². The molecule has 0 saturated heterocycles. The second kappa shape index (κ2) is 3.91. The smallest absolute Gasteiger partial charge is 0.261 e. The molecule has 0 spiro atoms. The normalized spacial score (nSPS) is 26.1. The van der Waals surface area contributed by atoms with Crippen molar-refractivity contribution in [3.63, 3.8) is 0 Å². The molecule has 1 unspecified atom stereocenters. The highest BCUT2D eigenvalue weighted by Crippen LogP contribution is 2.60. The Hall–Kier alpha value is -1.22. The van der Waals surface area contributed by atoms with Crippen LogP contribution in [0.1, 0.15) is 18.9 Å². The van der Waals surface area contributed by atoms with Crippen LogP contribution in [0.25, 0.3) is 6.08 Å². The number of hydrogen-bond acceptors (Lipinski definition) is 1. The lowest BCUT2D eigenvalue weighted by atomic mass is 10.0. The van der Waals surface area contributed by atoms with Gasteiger partial charge in [-0.15, -0.1) is 0 Å². The lowest BCUT2D eigenvalue weighted by Gasteiger charge is -2.04. The maximum absolute atomic E-state index is 12.9. The van der Waals surface area contributed by atoms with Crippen LogP contribution >= 0.6 is 11.6 Å². The van der Waals surface area contributed by atoms with Gasteiger partial charge in [0.25, 0.3) is 5.92 Å². The van der Waals surface area contributed by atoms with E-state index in [1.54, 1.807) is 24.3 Å². The van der Waals surface area contributed by atoms with Crippen molar-refractivity contribution in [2.75, 3.05) is 0 Å². The average Bonchev–Trinajstić information content (AvgIpc) is 2.78. The Morgan fingerprint density at radius 2 is 1.88 bits per heavy atom. The van der Waals surface area contributed by atoms with Crippen molar-refractivity contribution >= 4 is 23.5 Å². The van der Waals surface area contributed by atoms with Crippen molar-refractivity contribution in [1.82, 2.24) is 0 Å². The Balaban J connectivity index is 2.07. The van der Waals surface area contributed by atoms with Gasteiger partial charge in [-0.25, -0.2) is 8.78 Å². The Kier molecular flexibility index (Phi) is 2.82. The number of carbonyl (C=O) groups excluding carboxylic acids is 1. The molecule has 2 rings (SSSR count). The predicted octanol–water partition coefficient (Wildman–Crippen LogP) is 3.97. The lowest BCUT2D eigenvalue weighted by Crippen LogP contribution is -2.16. The summed E-state index contributed by atoms with van der Waals surface area (Å²) in [7, 11) is 0. The molecule has 0 N–H and O–H groups in total. The summed E-state index contributed by atoms with van der Waals surface area (Å²) in [4.78, 5) is 11.6. The molecule has 4 heteroatoms. The zero-order valence-electron chi connectivity index (χ0n) is 9.21. The van der Waals surface area contributed by atoms with Crippen molar-refractivity contribution in [2.45, 2.75) is 19.3 Å². The fourth-order valence-electron chi connectivity index (χ4n) is 1.60. The van der Waals surface area contributed by atoms with E-state index in [1.165, 1.54) is 19.1 Å². The zero-order valence-corrected chi connectivity index (χ0v) is 9.97. The van der Waals surface area contributed by atoms with E-state index in [1.807, 2.05) is 0 Å². The Bertz CT molecular complexity index is 479. The SMILES string of the molecule is CC1(C(=O)C=Cc2ccc(Cl)cc2)CC1(F)F. The van der Waals surface area contributed by atoms with Gasteiger partial charge in [0.2, 0.25) is 0 Å². The highest BCUT2D eigenvalue weighted by Gasteiger charge is 2.71. The van der Waals surface area contributed by atoms with Gasteiger partial charge in [0.15, 0.2) is 5.78 Å². The van der Waals surface area contributed by atoms with Gasteiger partial charge in [0, 0.05) is 11.4 Å². The van der Waals surface area contributed by atoms with Crippen molar-refractivity contribution in [1.29, 1.82) is 0 Å². The molecule has 17 heavy (non-hydrogen) atoms. The first-order valence-corrected chi connectivity index (χ1v) is 5.59. The summed E-state index contributed by atoms with van der Waals surface area (Å²) < 4.78 is 25.9. The van der Waals surface area contributed by atoms with Crippen LogP contribution < -0.4 is 0 Å². The molecule has 1 aliphatic carbocycles. The first-order chi connectivity index (χ1) is 7.85. The number of benzene rings is 1. The number of alkyl halides is 2. The van der Waals surface area contributed by atoms with E-state index in [4.69, 9.17) is 11.6 Å². The number of hydrogen-bond donors (Lipinski definition) is 0. The minimum Gasteiger partial charge on any atom is -0.294 e. The molecule has 1 fully saturated rings. The molecule has 0 radical (unpaired) electrons. The van der Waals surface area contributed by atoms with Gasteiger partial charge in [0.05, 0.1) is 5.41 Å². The molecule has 1 saturated carbocycles. The van der Waals surface area contributed by atoms with Crippen LogP contribution in [0, 0.1) is 5.41 Å². The largest absolute Gasteiger partial charge is 0.294 e. The van der Waals surface area contributed by atoms with E-state index in [-0.39, 0.29) is 6.42 Å². The molecule has 1 aromatic carbocycles. The summed E-state index contributed by atoms with van der Waals surface area (Å²) in [5, 5.41) is 0.592. The highest BCUT2D eigenvalue weighted by atomic mass is 35.5. The van der Waals surface area contributed by atoms with Gasteiger partial charge >= 0.3 is 0 Å². The quantitative estimate of drug-likeness (QED) is 0.748. The molecule has 1 atom stereocenters. The van der Waals surface area contributed by atoms with Crippen LogP contribution in [0.3, 0.4) is 0 Å². The number of allylic oxidation sites excluding steroid dienone is 1. The fraction of sp³-hybridized carbons (Fsp3) is 0.308. The monoisotopic (exact) mass is 256 g/mol. The zero-order chi connectivity index (χ0) is 12.7. The van der Waals surface area contributed by atoms with Crippen molar-refractivity contribution in [3.8, 4) is 0 Å². The molecule has 0 aromatic heterocycles. The minimum atomic E-state index is -2.85. The van der Waals surface area contributed by atoms with Gasteiger partial charge in [-0.1, -0.05) is 29.8 Å². The van der Waals surface area contributed by atoms with E-state index in [0.29, 0.717) is 5.02 Å². The molecule has 1 nitrogen and oxygen atoms in total. The summed E-state index contributed by atoms with van der Waals surface area (Å²) in [6.07, 6.45) is 2.38. The van der Waals surface area contributed by atoms with Crippen LogP contribution in [0.4, 0.5) is 8.78 Å². The van der Waals surface area contributed by atoms with Crippen LogP contribution in [0.5, 0.6) is 0 Å². The topological polar surface area (TPSA) is 17.1 Å². The molecule has 0 bridgehead atoms. The van der Waals surface area contributed by atoms with Crippen LogP contribution in [-0.4, -0.2) is 11.7 Å². The van der Waals surface area contributed by atoms with Crippen molar-refractivity contribution in [2.24, 2.45) is 5.41 Å². The van der Waals surface area contributed by atoms with Gasteiger partial charge in [-0.05, 0) is 30.7 Å².